The lowest BCUT2D eigenvalue weighted by Crippen LogP contribution is -2.49. The van der Waals surface area contributed by atoms with Crippen molar-refractivity contribution in [3.05, 3.63) is 52.9 Å². The van der Waals surface area contributed by atoms with Crippen molar-refractivity contribution in [3.63, 3.8) is 0 Å². The van der Waals surface area contributed by atoms with E-state index in [4.69, 9.17) is 0 Å². The Bertz CT molecular complexity index is 934. The van der Waals surface area contributed by atoms with Crippen molar-refractivity contribution >= 4 is 33.3 Å². The summed E-state index contributed by atoms with van der Waals surface area (Å²) in [5, 5.41) is 1.05. The monoisotopic (exact) mass is 356 g/mol. The predicted octanol–water partition coefficient (Wildman–Crippen LogP) is 3.10. The van der Waals surface area contributed by atoms with E-state index in [2.05, 4.69) is 27.9 Å². The van der Waals surface area contributed by atoms with Gasteiger partial charge in [0.15, 0.2) is 0 Å². The fourth-order valence-electron chi connectivity index (χ4n) is 3.14. The van der Waals surface area contributed by atoms with Crippen LogP contribution in [0.1, 0.15) is 15.2 Å². The van der Waals surface area contributed by atoms with Gasteiger partial charge in [0.05, 0.1) is 10.9 Å². The minimum atomic E-state index is -0.471. The molecule has 1 fully saturated rings. The lowest BCUT2D eigenvalue weighted by atomic mass is 10.1. The van der Waals surface area contributed by atoms with Gasteiger partial charge in [0.2, 0.25) is 0 Å². The van der Waals surface area contributed by atoms with E-state index < -0.39 is 5.82 Å². The Hall–Kier alpha value is -2.54. The van der Waals surface area contributed by atoms with E-state index in [0.29, 0.717) is 26.2 Å². The van der Waals surface area contributed by atoms with Crippen molar-refractivity contribution in [2.24, 2.45) is 0 Å². The molecule has 0 atom stereocenters. The van der Waals surface area contributed by atoms with Gasteiger partial charge in [0.25, 0.3) is 5.91 Å². The number of aryl methyl sites for hydroxylation is 1. The first-order valence-corrected chi connectivity index (χ1v) is 8.95. The Morgan fingerprint density at radius 1 is 1.16 bits per heavy atom. The van der Waals surface area contributed by atoms with Gasteiger partial charge >= 0.3 is 0 Å². The van der Waals surface area contributed by atoms with Crippen LogP contribution in [0.3, 0.4) is 0 Å². The van der Waals surface area contributed by atoms with E-state index in [1.807, 2.05) is 0 Å². The number of nitrogens with zero attached hydrogens (tertiary/aromatic N) is 4. The second-order valence-electron chi connectivity index (χ2n) is 6.03. The minimum Gasteiger partial charge on any atom is -0.352 e. The van der Waals surface area contributed by atoms with Crippen molar-refractivity contribution in [3.8, 4) is 0 Å². The highest BCUT2D eigenvalue weighted by Crippen LogP contribution is 2.30. The van der Waals surface area contributed by atoms with Crippen LogP contribution in [0.2, 0.25) is 0 Å². The highest BCUT2D eigenvalue weighted by molar-refractivity contribution is 7.18. The molecule has 1 amide bonds. The van der Waals surface area contributed by atoms with E-state index >= 15 is 0 Å². The van der Waals surface area contributed by atoms with Crippen LogP contribution in [0.5, 0.6) is 0 Å². The minimum absolute atomic E-state index is 0.133. The number of halogens is 1. The Balaban J connectivity index is 1.51. The number of hydrogen-bond acceptors (Lipinski definition) is 5. The molecule has 0 spiro atoms. The topological polar surface area (TPSA) is 49.3 Å². The third kappa shape index (κ3) is 2.95. The van der Waals surface area contributed by atoms with E-state index in [1.165, 1.54) is 17.0 Å². The molecule has 4 rings (SSSR count). The standard InChI is InChI=1S/C18H17FN4OS/c1-12-10-14-16(20-11-21-17(14)25-12)22-6-8-23(9-7-22)18(24)13-4-2-3-5-15(13)19/h2-5,10-11H,6-9H2,1H3. The quantitative estimate of drug-likeness (QED) is 0.708. The molecule has 0 radical (unpaired) electrons. The smallest absolute Gasteiger partial charge is 0.256 e. The van der Waals surface area contributed by atoms with Crippen LogP contribution < -0.4 is 4.90 Å². The molecule has 5 nitrogen and oxygen atoms in total. The molecule has 3 aromatic rings. The molecule has 1 aromatic carbocycles. The van der Waals surface area contributed by atoms with Gasteiger partial charge in [-0.2, -0.15) is 0 Å². The third-order valence-electron chi connectivity index (χ3n) is 4.40. The zero-order chi connectivity index (χ0) is 17.4. The molecule has 3 heterocycles. The molecular weight excluding hydrogens is 339 g/mol. The number of hydrogen-bond donors (Lipinski definition) is 0. The summed E-state index contributed by atoms with van der Waals surface area (Å²) in [5.74, 6) is 0.186. The number of piperazine rings is 1. The van der Waals surface area contributed by atoms with Crippen LogP contribution in [0.15, 0.2) is 36.7 Å². The third-order valence-corrected chi connectivity index (χ3v) is 5.36. The predicted molar refractivity (Wildman–Crippen MR) is 96.7 cm³/mol. The fraction of sp³-hybridized carbons (Fsp3) is 0.278. The molecule has 25 heavy (non-hydrogen) atoms. The molecule has 7 heteroatoms. The Morgan fingerprint density at radius 3 is 2.68 bits per heavy atom. The number of aromatic nitrogens is 2. The first-order chi connectivity index (χ1) is 12.1. The number of anilines is 1. The zero-order valence-corrected chi connectivity index (χ0v) is 14.6. The van der Waals surface area contributed by atoms with Crippen molar-refractivity contribution in [2.45, 2.75) is 6.92 Å². The van der Waals surface area contributed by atoms with E-state index in [0.717, 1.165) is 16.0 Å². The van der Waals surface area contributed by atoms with Crippen LogP contribution in [0, 0.1) is 12.7 Å². The van der Waals surface area contributed by atoms with Crippen LogP contribution in [-0.2, 0) is 0 Å². The Morgan fingerprint density at radius 2 is 1.92 bits per heavy atom. The zero-order valence-electron chi connectivity index (χ0n) is 13.8. The van der Waals surface area contributed by atoms with E-state index in [-0.39, 0.29) is 11.5 Å². The molecule has 0 aliphatic carbocycles. The number of carbonyl (C=O) groups excluding carboxylic acids is 1. The van der Waals surface area contributed by atoms with E-state index in [1.54, 1.807) is 34.7 Å². The molecule has 0 saturated carbocycles. The maximum Gasteiger partial charge on any atom is 0.256 e. The molecule has 128 valence electrons. The van der Waals surface area contributed by atoms with Gasteiger partial charge in [0.1, 0.15) is 22.8 Å². The number of amides is 1. The normalized spacial score (nSPS) is 15.0. The number of carbonyl (C=O) groups is 1. The molecular formula is C18H17FN4OS. The van der Waals surface area contributed by atoms with Crippen molar-refractivity contribution in [2.75, 3.05) is 31.1 Å². The lowest BCUT2D eigenvalue weighted by molar-refractivity contribution is 0.0742. The van der Waals surface area contributed by atoms with Gasteiger partial charge in [-0.1, -0.05) is 12.1 Å². The van der Waals surface area contributed by atoms with Crippen LogP contribution in [-0.4, -0.2) is 47.0 Å². The highest BCUT2D eigenvalue weighted by atomic mass is 32.1. The van der Waals surface area contributed by atoms with Gasteiger partial charge < -0.3 is 9.80 Å². The second-order valence-corrected chi connectivity index (χ2v) is 7.27. The first kappa shape index (κ1) is 16.0. The number of thiophene rings is 1. The SMILES string of the molecule is Cc1cc2c(N3CCN(C(=O)c4ccccc4F)CC3)ncnc2s1. The second kappa shape index (κ2) is 6.40. The maximum atomic E-state index is 13.8. The highest BCUT2D eigenvalue weighted by Gasteiger charge is 2.25. The average molecular weight is 356 g/mol. The molecule has 1 saturated heterocycles. The largest absolute Gasteiger partial charge is 0.352 e. The van der Waals surface area contributed by atoms with Gasteiger partial charge in [-0.3, -0.25) is 4.79 Å². The fourth-order valence-corrected chi connectivity index (χ4v) is 3.98. The van der Waals surface area contributed by atoms with Crippen LogP contribution >= 0.6 is 11.3 Å². The molecule has 0 N–H and O–H groups in total. The van der Waals surface area contributed by atoms with Crippen molar-refractivity contribution in [1.29, 1.82) is 0 Å². The summed E-state index contributed by atoms with van der Waals surface area (Å²) in [4.78, 5) is 27.3. The van der Waals surface area contributed by atoms with Gasteiger partial charge in [0, 0.05) is 31.1 Å². The average Bonchev–Trinajstić information content (AvgIpc) is 3.02. The molecule has 0 unspecified atom stereocenters. The first-order valence-electron chi connectivity index (χ1n) is 8.13. The van der Waals surface area contributed by atoms with Gasteiger partial charge in [-0.25, -0.2) is 14.4 Å². The summed E-state index contributed by atoms with van der Waals surface area (Å²) in [6.07, 6.45) is 1.59. The van der Waals surface area contributed by atoms with Crippen molar-refractivity contribution in [1.82, 2.24) is 14.9 Å². The van der Waals surface area contributed by atoms with Gasteiger partial charge in [-0.05, 0) is 25.1 Å². The van der Waals surface area contributed by atoms with Crippen LogP contribution in [0.4, 0.5) is 10.2 Å². The van der Waals surface area contributed by atoms with E-state index in [9.17, 15) is 9.18 Å². The summed E-state index contributed by atoms with van der Waals surface area (Å²) in [6.45, 7) is 4.48. The summed E-state index contributed by atoms with van der Waals surface area (Å²) < 4.78 is 13.8. The number of fused-ring (bicyclic) bond motifs is 1. The van der Waals surface area contributed by atoms with Crippen LogP contribution in [0.25, 0.3) is 10.2 Å². The number of benzene rings is 1. The Kier molecular flexibility index (Phi) is 4.09. The summed E-state index contributed by atoms with van der Waals surface area (Å²) in [5.41, 5.74) is 0.133. The summed E-state index contributed by atoms with van der Waals surface area (Å²) in [6, 6.07) is 8.23. The molecule has 1 aliphatic heterocycles. The molecule has 1 aliphatic rings. The Labute approximate surface area is 148 Å². The molecule has 2 aromatic heterocycles. The summed E-state index contributed by atoms with van der Waals surface area (Å²) >= 11 is 1.65. The molecule has 0 bridgehead atoms. The lowest BCUT2D eigenvalue weighted by Gasteiger charge is -2.35. The van der Waals surface area contributed by atoms with Crippen molar-refractivity contribution < 1.29 is 9.18 Å². The van der Waals surface area contributed by atoms with Gasteiger partial charge in [-0.15, -0.1) is 11.3 Å². The number of rotatable bonds is 2. The maximum absolute atomic E-state index is 13.8. The summed E-state index contributed by atoms with van der Waals surface area (Å²) in [7, 11) is 0.